The fraction of sp³-hybridized carbons (Fsp3) is 0.500. The van der Waals surface area contributed by atoms with Crippen molar-refractivity contribution in [2.75, 3.05) is 13.1 Å². The predicted molar refractivity (Wildman–Crippen MR) is 105 cm³/mol. The Morgan fingerprint density at radius 2 is 1.77 bits per heavy atom. The van der Waals surface area contributed by atoms with Crippen LogP contribution in [0.5, 0.6) is 5.88 Å². The lowest BCUT2D eigenvalue weighted by atomic mass is 9.98. The van der Waals surface area contributed by atoms with Crippen molar-refractivity contribution < 1.29 is 5.11 Å². The van der Waals surface area contributed by atoms with Crippen molar-refractivity contribution in [2.45, 2.75) is 52.0 Å². The first-order valence-corrected chi connectivity index (χ1v) is 10.3. The van der Waals surface area contributed by atoms with Crippen molar-refractivity contribution >= 4 is 16.3 Å². The van der Waals surface area contributed by atoms with E-state index in [1.54, 1.807) is 15.9 Å². The highest BCUT2D eigenvalue weighted by molar-refractivity contribution is 7.17. The van der Waals surface area contributed by atoms with Crippen LogP contribution in [0.3, 0.4) is 0 Å². The summed E-state index contributed by atoms with van der Waals surface area (Å²) in [6.45, 7) is 8.57. The molecule has 1 N–H and O–H groups in total. The zero-order valence-corrected chi connectivity index (χ0v) is 16.5. The van der Waals surface area contributed by atoms with Gasteiger partial charge in [0, 0.05) is 6.42 Å². The van der Waals surface area contributed by atoms with E-state index in [2.05, 4.69) is 53.1 Å². The Bertz CT molecular complexity index is 891. The van der Waals surface area contributed by atoms with Gasteiger partial charge >= 0.3 is 0 Å². The summed E-state index contributed by atoms with van der Waals surface area (Å²) in [4.78, 5) is 8.73. The molecule has 0 unspecified atom stereocenters. The molecule has 1 atom stereocenters. The lowest BCUT2D eigenvalue weighted by Gasteiger charge is -2.27. The van der Waals surface area contributed by atoms with Crippen LogP contribution in [0.4, 0.5) is 0 Å². The van der Waals surface area contributed by atoms with Crippen LogP contribution < -0.4 is 0 Å². The third-order valence-electron chi connectivity index (χ3n) is 5.23. The van der Waals surface area contributed by atoms with Gasteiger partial charge in [0.2, 0.25) is 10.8 Å². The number of thiazole rings is 1. The van der Waals surface area contributed by atoms with E-state index < -0.39 is 0 Å². The molecule has 1 aliphatic heterocycles. The molecule has 3 aromatic rings. The largest absolute Gasteiger partial charge is 0.492 e. The average Bonchev–Trinajstić information content (AvgIpc) is 3.35. The molecule has 3 heterocycles. The van der Waals surface area contributed by atoms with E-state index in [-0.39, 0.29) is 11.9 Å². The minimum Gasteiger partial charge on any atom is -0.492 e. The summed E-state index contributed by atoms with van der Waals surface area (Å²) in [5, 5.41) is 15.3. The summed E-state index contributed by atoms with van der Waals surface area (Å²) in [5.41, 5.74) is 2.57. The van der Waals surface area contributed by atoms with Gasteiger partial charge in [0.1, 0.15) is 0 Å². The van der Waals surface area contributed by atoms with Crippen LogP contribution in [0.25, 0.3) is 4.96 Å². The number of hydrogen-bond donors (Lipinski definition) is 1. The lowest BCUT2D eigenvalue weighted by molar-refractivity contribution is 0.277. The summed E-state index contributed by atoms with van der Waals surface area (Å²) in [5.74, 6) is 1.53. The number of fused-ring (bicyclic) bond motifs is 1. The second kappa shape index (κ2) is 7.00. The molecule has 1 aromatic carbocycles. The molecule has 138 valence electrons. The molecule has 0 radical (unpaired) electrons. The lowest BCUT2D eigenvalue weighted by Crippen LogP contribution is -2.26. The Hall–Kier alpha value is -1.92. The van der Waals surface area contributed by atoms with Gasteiger partial charge in [0.15, 0.2) is 5.82 Å². The molecule has 0 aliphatic carbocycles. The molecule has 1 aliphatic rings. The van der Waals surface area contributed by atoms with Gasteiger partial charge in [-0.15, -0.1) is 5.10 Å². The van der Waals surface area contributed by atoms with Gasteiger partial charge in [-0.3, -0.25) is 4.90 Å². The van der Waals surface area contributed by atoms with Gasteiger partial charge in [0.25, 0.3) is 0 Å². The van der Waals surface area contributed by atoms with E-state index in [0.717, 1.165) is 35.2 Å². The van der Waals surface area contributed by atoms with E-state index >= 15 is 0 Å². The van der Waals surface area contributed by atoms with E-state index in [4.69, 9.17) is 0 Å². The van der Waals surface area contributed by atoms with E-state index in [1.807, 2.05) is 6.92 Å². The number of rotatable bonds is 5. The Labute approximate surface area is 158 Å². The zero-order valence-electron chi connectivity index (χ0n) is 15.6. The predicted octanol–water partition coefficient (Wildman–Crippen LogP) is 4.37. The van der Waals surface area contributed by atoms with Crippen LogP contribution >= 0.6 is 11.3 Å². The van der Waals surface area contributed by atoms with Crippen molar-refractivity contribution in [1.29, 1.82) is 0 Å². The maximum absolute atomic E-state index is 10.9. The van der Waals surface area contributed by atoms with Gasteiger partial charge in [-0.25, -0.2) is 4.98 Å². The molecule has 2 aromatic heterocycles. The molecule has 4 rings (SSSR count). The number of aromatic hydroxyl groups is 1. The third-order valence-corrected chi connectivity index (χ3v) is 6.31. The third kappa shape index (κ3) is 3.01. The Balaban J connectivity index is 1.78. The van der Waals surface area contributed by atoms with E-state index in [9.17, 15) is 5.11 Å². The molecule has 1 fully saturated rings. The smallest absolute Gasteiger partial charge is 0.230 e. The number of aromatic nitrogens is 3. The molecular weight excluding hydrogens is 344 g/mol. The molecule has 26 heavy (non-hydrogen) atoms. The number of aryl methyl sites for hydroxylation is 1. The quantitative estimate of drug-likeness (QED) is 0.725. The highest BCUT2D eigenvalue weighted by Crippen LogP contribution is 2.41. The topological polar surface area (TPSA) is 53.7 Å². The number of nitrogens with zero attached hydrogens (tertiary/aromatic N) is 4. The molecule has 0 saturated carbocycles. The van der Waals surface area contributed by atoms with Crippen LogP contribution in [-0.2, 0) is 6.42 Å². The Morgan fingerprint density at radius 3 is 2.35 bits per heavy atom. The maximum atomic E-state index is 10.9. The molecule has 0 amide bonds. The highest BCUT2D eigenvalue weighted by Gasteiger charge is 2.31. The van der Waals surface area contributed by atoms with Crippen LogP contribution in [0.1, 0.15) is 67.4 Å². The van der Waals surface area contributed by atoms with Crippen molar-refractivity contribution in [3.05, 3.63) is 46.1 Å². The number of likely N-dealkylation sites (tertiary alicyclic amines) is 1. The number of hydrogen-bond acceptors (Lipinski definition) is 5. The molecule has 1 saturated heterocycles. The molecular formula is C20H26N4OS. The minimum absolute atomic E-state index is 0.0669. The summed E-state index contributed by atoms with van der Waals surface area (Å²) in [6.07, 6.45) is 3.19. The van der Waals surface area contributed by atoms with Crippen molar-refractivity contribution in [2.24, 2.45) is 0 Å². The Kier molecular flexibility index (Phi) is 4.71. The number of benzene rings is 1. The first-order chi connectivity index (χ1) is 12.6. The first kappa shape index (κ1) is 17.5. The van der Waals surface area contributed by atoms with Crippen molar-refractivity contribution in [3.63, 3.8) is 0 Å². The van der Waals surface area contributed by atoms with Crippen LogP contribution in [0.2, 0.25) is 0 Å². The molecule has 0 bridgehead atoms. The summed E-state index contributed by atoms with van der Waals surface area (Å²) in [7, 11) is 0. The minimum atomic E-state index is 0.0669. The molecule has 5 nitrogen and oxygen atoms in total. The van der Waals surface area contributed by atoms with E-state index in [1.165, 1.54) is 24.0 Å². The highest BCUT2D eigenvalue weighted by atomic mass is 32.1. The van der Waals surface area contributed by atoms with Gasteiger partial charge in [-0.2, -0.15) is 4.52 Å². The Morgan fingerprint density at radius 1 is 1.12 bits per heavy atom. The second-order valence-electron chi connectivity index (χ2n) is 7.33. The van der Waals surface area contributed by atoms with Crippen LogP contribution in [0.15, 0.2) is 24.3 Å². The monoisotopic (exact) mass is 370 g/mol. The van der Waals surface area contributed by atoms with Gasteiger partial charge in [-0.1, -0.05) is 56.4 Å². The van der Waals surface area contributed by atoms with Gasteiger partial charge in [0.05, 0.1) is 10.9 Å². The molecule has 0 spiro atoms. The summed E-state index contributed by atoms with van der Waals surface area (Å²) in [6, 6.07) is 8.92. The maximum Gasteiger partial charge on any atom is 0.230 e. The fourth-order valence-corrected chi connectivity index (χ4v) is 4.85. The first-order valence-electron chi connectivity index (χ1n) is 9.49. The standard InChI is InChI=1S/C20H26N4OS/c1-4-16-21-20-24(22-16)19(25)18(26-20)17(23-11-5-6-12-23)15-9-7-14(8-10-15)13(2)3/h7-10,13,17,25H,4-6,11-12H2,1-3H3/t17-/m0/s1. The van der Waals surface area contributed by atoms with Crippen LogP contribution in [-0.4, -0.2) is 37.7 Å². The summed E-state index contributed by atoms with van der Waals surface area (Å²) >= 11 is 1.56. The van der Waals surface area contributed by atoms with Gasteiger partial charge < -0.3 is 5.11 Å². The van der Waals surface area contributed by atoms with Crippen LogP contribution in [0, 0.1) is 0 Å². The van der Waals surface area contributed by atoms with Crippen molar-refractivity contribution in [3.8, 4) is 5.88 Å². The van der Waals surface area contributed by atoms with Crippen molar-refractivity contribution in [1.82, 2.24) is 19.5 Å². The SMILES string of the molecule is CCc1nc2sc([C@H](c3ccc(C(C)C)cc3)N3CCCC3)c(O)n2n1. The summed E-state index contributed by atoms with van der Waals surface area (Å²) < 4.78 is 1.60. The van der Waals surface area contributed by atoms with Gasteiger partial charge in [-0.05, 0) is 43.0 Å². The normalized spacial score (nSPS) is 16.8. The fourth-order valence-electron chi connectivity index (χ4n) is 3.71. The molecule has 6 heteroatoms. The second-order valence-corrected chi connectivity index (χ2v) is 8.34. The average molecular weight is 371 g/mol. The van der Waals surface area contributed by atoms with E-state index in [0.29, 0.717) is 5.92 Å². The zero-order chi connectivity index (χ0) is 18.3.